The number of aromatic hydroxyl groups is 1. The molecule has 0 aliphatic rings. The Kier molecular flexibility index (Phi) is 6.05. The fourth-order valence-corrected chi connectivity index (χ4v) is 2.71. The van der Waals surface area contributed by atoms with Crippen molar-refractivity contribution in [2.75, 3.05) is 13.2 Å². The molecule has 1 aromatic heterocycles. The number of ketones is 1. The average molecular weight is 380 g/mol. The molecule has 0 spiro atoms. The van der Waals surface area contributed by atoms with Crippen LogP contribution in [0.4, 0.5) is 0 Å². The standard InChI is InChI=1S/C18H18ClNO6/c1-4-25-18(24)16-10(3)20-9(2)15(16)14(22)8-26-17(23)12-7-11(19)5-6-13(12)21/h5-7,20-21H,4,8H2,1-3H3. The minimum Gasteiger partial charge on any atom is -0.507 e. The number of aryl methyl sites for hydroxylation is 2. The van der Waals surface area contributed by atoms with Gasteiger partial charge < -0.3 is 19.6 Å². The zero-order valence-electron chi connectivity index (χ0n) is 14.5. The summed E-state index contributed by atoms with van der Waals surface area (Å²) in [7, 11) is 0. The number of hydrogen-bond donors (Lipinski definition) is 2. The third-order valence-electron chi connectivity index (χ3n) is 3.65. The largest absolute Gasteiger partial charge is 0.507 e. The topological polar surface area (TPSA) is 106 Å². The van der Waals surface area contributed by atoms with Crippen molar-refractivity contribution in [1.29, 1.82) is 0 Å². The Bertz CT molecular complexity index is 871. The number of ether oxygens (including phenoxy) is 2. The number of carbonyl (C=O) groups excluding carboxylic acids is 3. The summed E-state index contributed by atoms with van der Waals surface area (Å²) in [5.74, 6) is -2.41. The van der Waals surface area contributed by atoms with Gasteiger partial charge in [0.05, 0.1) is 17.7 Å². The maximum atomic E-state index is 12.5. The second kappa shape index (κ2) is 8.05. The lowest BCUT2D eigenvalue weighted by molar-refractivity contribution is 0.0469. The number of H-pyrrole nitrogens is 1. The summed E-state index contributed by atoms with van der Waals surface area (Å²) < 4.78 is 9.94. The van der Waals surface area contributed by atoms with Gasteiger partial charge in [-0.05, 0) is 39.0 Å². The quantitative estimate of drug-likeness (QED) is 0.589. The normalized spacial score (nSPS) is 10.5. The molecule has 138 valence electrons. The smallest absolute Gasteiger partial charge is 0.342 e. The predicted octanol–water partition coefficient (Wildman–Crippen LogP) is 3.21. The molecule has 0 unspecified atom stereocenters. The van der Waals surface area contributed by atoms with E-state index in [-0.39, 0.29) is 34.1 Å². The van der Waals surface area contributed by atoms with E-state index in [1.165, 1.54) is 18.2 Å². The molecular formula is C18H18ClNO6. The number of aromatic nitrogens is 1. The molecule has 1 heterocycles. The summed E-state index contributed by atoms with van der Waals surface area (Å²) in [5, 5.41) is 9.94. The SMILES string of the molecule is CCOC(=O)c1c(C)[nH]c(C)c1C(=O)COC(=O)c1cc(Cl)ccc1O. The van der Waals surface area contributed by atoms with Crippen molar-refractivity contribution in [3.05, 3.63) is 51.3 Å². The van der Waals surface area contributed by atoms with Crippen LogP contribution in [0.3, 0.4) is 0 Å². The van der Waals surface area contributed by atoms with Crippen LogP contribution in [0.25, 0.3) is 0 Å². The monoisotopic (exact) mass is 379 g/mol. The first-order valence-corrected chi connectivity index (χ1v) is 8.19. The van der Waals surface area contributed by atoms with Gasteiger partial charge in [-0.2, -0.15) is 0 Å². The van der Waals surface area contributed by atoms with Crippen LogP contribution in [0.5, 0.6) is 5.75 Å². The van der Waals surface area contributed by atoms with Gasteiger partial charge in [-0.3, -0.25) is 4.79 Å². The van der Waals surface area contributed by atoms with Gasteiger partial charge in [0.15, 0.2) is 6.61 Å². The van der Waals surface area contributed by atoms with Gasteiger partial charge in [-0.15, -0.1) is 0 Å². The van der Waals surface area contributed by atoms with Gasteiger partial charge in [0.25, 0.3) is 0 Å². The molecule has 2 N–H and O–H groups in total. The minimum atomic E-state index is -0.902. The summed E-state index contributed by atoms with van der Waals surface area (Å²) in [5.41, 5.74) is 1.04. The van der Waals surface area contributed by atoms with Crippen molar-refractivity contribution in [2.45, 2.75) is 20.8 Å². The molecule has 2 rings (SSSR count). The Hall–Kier alpha value is -2.80. The summed E-state index contributed by atoms with van der Waals surface area (Å²) in [6, 6.07) is 3.90. The summed E-state index contributed by atoms with van der Waals surface area (Å²) in [6.45, 7) is 4.50. The van der Waals surface area contributed by atoms with Crippen LogP contribution < -0.4 is 0 Å². The highest BCUT2D eigenvalue weighted by molar-refractivity contribution is 6.31. The summed E-state index contributed by atoms with van der Waals surface area (Å²) in [6.07, 6.45) is 0. The zero-order chi connectivity index (χ0) is 19.4. The summed E-state index contributed by atoms with van der Waals surface area (Å²) in [4.78, 5) is 39.6. The fourth-order valence-electron chi connectivity index (χ4n) is 2.54. The number of rotatable bonds is 6. The number of phenolic OH excluding ortho intramolecular Hbond substituents is 1. The van der Waals surface area contributed by atoms with Crippen LogP contribution in [0.15, 0.2) is 18.2 Å². The molecule has 2 aromatic rings. The highest BCUT2D eigenvalue weighted by Crippen LogP contribution is 2.23. The number of aromatic amines is 1. The predicted molar refractivity (Wildman–Crippen MR) is 94.0 cm³/mol. The number of hydrogen-bond acceptors (Lipinski definition) is 6. The maximum absolute atomic E-state index is 12.5. The molecule has 0 saturated carbocycles. The van der Waals surface area contributed by atoms with E-state index in [4.69, 9.17) is 21.1 Å². The molecule has 1 aromatic carbocycles. The van der Waals surface area contributed by atoms with E-state index >= 15 is 0 Å². The first kappa shape index (κ1) is 19.5. The van der Waals surface area contributed by atoms with E-state index in [9.17, 15) is 19.5 Å². The Labute approximate surface area is 154 Å². The maximum Gasteiger partial charge on any atom is 0.342 e. The van der Waals surface area contributed by atoms with Crippen LogP contribution in [0.2, 0.25) is 5.02 Å². The Morgan fingerprint density at radius 1 is 1.08 bits per heavy atom. The van der Waals surface area contributed by atoms with E-state index in [0.717, 1.165) is 0 Å². The lowest BCUT2D eigenvalue weighted by atomic mass is 10.1. The van der Waals surface area contributed by atoms with Crippen LogP contribution in [-0.2, 0) is 9.47 Å². The fraction of sp³-hybridized carbons (Fsp3) is 0.278. The molecule has 0 amide bonds. The van der Waals surface area contributed by atoms with Crippen LogP contribution >= 0.6 is 11.6 Å². The third-order valence-corrected chi connectivity index (χ3v) is 3.88. The van der Waals surface area contributed by atoms with Crippen LogP contribution in [0.1, 0.15) is 49.4 Å². The molecule has 0 aliphatic carbocycles. The van der Waals surface area contributed by atoms with Gasteiger partial charge in [-0.25, -0.2) is 9.59 Å². The molecule has 0 saturated heterocycles. The molecule has 8 heteroatoms. The first-order chi connectivity index (χ1) is 12.3. The van der Waals surface area contributed by atoms with E-state index in [1.807, 2.05) is 0 Å². The Balaban J connectivity index is 2.19. The van der Waals surface area contributed by atoms with Crippen molar-refractivity contribution in [2.24, 2.45) is 0 Å². The van der Waals surface area contributed by atoms with E-state index in [2.05, 4.69) is 4.98 Å². The van der Waals surface area contributed by atoms with E-state index in [0.29, 0.717) is 11.4 Å². The van der Waals surface area contributed by atoms with Crippen molar-refractivity contribution in [3.8, 4) is 5.75 Å². The minimum absolute atomic E-state index is 0.115. The molecule has 7 nitrogen and oxygen atoms in total. The molecule has 0 atom stereocenters. The summed E-state index contributed by atoms with van der Waals surface area (Å²) >= 11 is 5.79. The van der Waals surface area contributed by atoms with E-state index < -0.39 is 24.3 Å². The second-order valence-electron chi connectivity index (χ2n) is 5.51. The molecule has 0 radical (unpaired) electrons. The highest BCUT2D eigenvalue weighted by atomic mass is 35.5. The highest BCUT2D eigenvalue weighted by Gasteiger charge is 2.26. The number of carbonyl (C=O) groups is 3. The number of phenols is 1. The van der Waals surface area contributed by atoms with Crippen LogP contribution in [-0.4, -0.2) is 41.0 Å². The van der Waals surface area contributed by atoms with Crippen molar-refractivity contribution in [3.63, 3.8) is 0 Å². The molecular weight excluding hydrogens is 362 g/mol. The van der Waals surface area contributed by atoms with Gasteiger partial charge in [0.2, 0.25) is 5.78 Å². The Morgan fingerprint density at radius 3 is 2.38 bits per heavy atom. The first-order valence-electron chi connectivity index (χ1n) is 7.81. The molecule has 0 fully saturated rings. The molecule has 0 aliphatic heterocycles. The number of Topliss-reactive ketones (excluding diaryl/α,β-unsaturated/α-hetero) is 1. The van der Waals surface area contributed by atoms with Gasteiger partial charge >= 0.3 is 11.9 Å². The number of benzene rings is 1. The average Bonchev–Trinajstić information content (AvgIpc) is 2.89. The van der Waals surface area contributed by atoms with Gasteiger partial charge in [-0.1, -0.05) is 11.6 Å². The van der Waals surface area contributed by atoms with Crippen molar-refractivity contribution >= 4 is 29.3 Å². The zero-order valence-corrected chi connectivity index (χ0v) is 15.3. The molecule has 26 heavy (non-hydrogen) atoms. The van der Waals surface area contributed by atoms with Crippen molar-refractivity contribution < 1.29 is 29.0 Å². The second-order valence-corrected chi connectivity index (χ2v) is 5.94. The van der Waals surface area contributed by atoms with Crippen LogP contribution in [0, 0.1) is 13.8 Å². The van der Waals surface area contributed by atoms with Gasteiger partial charge in [0.1, 0.15) is 11.3 Å². The van der Waals surface area contributed by atoms with Crippen molar-refractivity contribution in [1.82, 2.24) is 4.98 Å². The lowest BCUT2D eigenvalue weighted by Gasteiger charge is -2.08. The number of esters is 2. The van der Waals surface area contributed by atoms with E-state index in [1.54, 1.807) is 20.8 Å². The third kappa shape index (κ3) is 4.05. The molecule has 0 bridgehead atoms. The number of halogens is 1. The lowest BCUT2D eigenvalue weighted by Crippen LogP contribution is -2.18. The van der Waals surface area contributed by atoms with Gasteiger partial charge in [0, 0.05) is 16.4 Å². The Morgan fingerprint density at radius 2 is 1.73 bits per heavy atom. The number of nitrogens with one attached hydrogen (secondary N) is 1.